The van der Waals surface area contributed by atoms with E-state index in [0.29, 0.717) is 0 Å². The highest BCUT2D eigenvalue weighted by atomic mass is 32.1. The number of aryl methyl sites for hydroxylation is 1. The molecule has 2 N–H and O–H groups in total. The summed E-state index contributed by atoms with van der Waals surface area (Å²) in [5.74, 6) is 0. The van der Waals surface area contributed by atoms with Gasteiger partial charge < -0.3 is 5.73 Å². The van der Waals surface area contributed by atoms with Crippen molar-refractivity contribution in [1.29, 1.82) is 0 Å². The molecule has 0 aliphatic heterocycles. The van der Waals surface area contributed by atoms with Crippen molar-refractivity contribution in [3.8, 4) is 0 Å². The van der Waals surface area contributed by atoms with Gasteiger partial charge in [-0.15, -0.1) is 11.3 Å². The highest BCUT2D eigenvalue weighted by Crippen LogP contribution is 2.26. The minimum atomic E-state index is -0.0514. The Bertz CT molecular complexity index is 712. The molecule has 2 heterocycles. The molecule has 20 heavy (non-hydrogen) atoms. The molecule has 0 bridgehead atoms. The van der Waals surface area contributed by atoms with Gasteiger partial charge in [0.05, 0.1) is 11.7 Å². The van der Waals surface area contributed by atoms with Gasteiger partial charge in [-0.05, 0) is 30.0 Å². The molecule has 0 aliphatic rings. The third-order valence-electron chi connectivity index (χ3n) is 3.54. The smallest absolute Gasteiger partial charge is 0.0652 e. The molecule has 1 atom stereocenters. The Balaban J connectivity index is 1.90. The monoisotopic (exact) mass is 282 g/mol. The molecule has 1 aromatic carbocycles. The van der Waals surface area contributed by atoms with Gasteiger partial charge in [-0.25, -0.2) is 0 Å². The van der Waals surface area contributed by atoms with E-state index in [1.807, 2.05) is 35.7 Å². The molecule has 102 valence electrons. The third-order valence-corrected chi connectivity index (χ3v) is 4.79. The highest BCUT2D eigenvalue weighted by molar-refractivity contribution is 7.11. The quantitative estimate of drug-likeness (QED) is 0.782. The van der Waals surface area contributed by atoms with Crippen LogP contribution in [-0.4, -0.2) is 4.98 Å². The maximum absolute atomic E-state index is 6.39. The van der Waals surface area contributed by atoms with E-state index in [4.69, 9.17) is 5.73 Å². The molecule has 0 saturated heterocycles. The van der Waals surface area contributed by atoms with Crippen LogP contribution in [0.4, 0.5) is 0 Å². The Morgan fingerprint density at radius 2 is 1.90 bits per heavy atom. The Kier molecular flexibility index (Phi) is 3.81. The number of rotatable bonds is 4. The van der Waals surface area contributed by atoms with Crippen molar-refractivity contribution in [2.24, 2.45) is 5.73 Å². The van der Waals surface area contributed by atoms with Gasteiger partial charge in [0.25, 0.3) is 0 Å². The highest BCUT2D eigenvalue weighted by Gasteiger charge is 2.13. The minimum Gasteiger partial charge on any atom is -0.322 e. The second kappa shape index (κ2) is 5.73. The van der Waals surface area contributed by atoms with Crippen LogP contribution in [0.15, 0.2) is 48.7 Å². The average molecular weight is 282 g/mol. The van der Waals surface area contributed by atoms with Gasteiger partial charge in [-0.3, -0.25) is 4.98 Å². The zero-order valence-electron chi connectivity index (χ0n) is 11.5. The summed E-state index contributed by atoms with van der Waals surface area (Å²) in [4.78, 5) is 7.26. The lowest BCUT2D eigenvalue weighted by Gasteiger charge is -2.12. The molecule has 0 saturated carbocycles. The van der Waals surface area contributed by atoms with Gasteiger partial charge in [-0.2, -0.15) is 0 Å². The van der Waals surface area contributed by atoms with E-state index in [2.05, 4.69) is 36.2 Å². The standard InChI is InChI=1S/C17H18N2S/c1-2-13-7-8-14(20-13)11-16(18)17-15-6-4-3-5-12(15)9-10-19-17/h3-10,16H,2,11,18H2,1H3. The summed E-state index contributed by atoms with van der Waals surface area (Å²) in [6.07, 6.45) is 3.79. The Morgan fingerprint density at radius 1 is 1.10 bits per heavy atom. The van der Waals surface area contributed by atoms with Crippen LogP contribution in [0, 0.1) is 0 Å². The van der Waals surface area contributed by atoms with Crippen molar-refractivity contribution in [1.82, 2.24) is 4.98 Å². The molecule has 3 aromatic rings. The topological polar surface area (TPSA) is 38.9 Å². The van der Waals surface area contributed by atoms with Crippen LogP contribution >= 0.6 is 11.3 Å². The molecule has 0 spiro atoms. The van der Waals surface area contributed by atoms with Crippen molar-refractivity contribution < 1.29 is 0 Å². The fourth-order valence-electron chi connectivity index (χ4n) is 2.47. The van der Waals surface area contributed by atoms with Crippen molar-refractivity contribution in [3.05, 3.63) is 64.1 Å². The van der Waals surface area contributed by atoms with E-state index in [1.165, 1.54) is 15.1 Å². The summed E-state index contributed by atoms with van der Waals surface area (Å²) in [6.45, 7) is 2.18. The maximum atomic E-state index is 6.39. The number of pyridine rings is 1. The van der Waals surface area contributed by atoms with E-state index in [1.54, 1.807) is 0 Å². The molecule has 0 amide bonds. The largest absolute Gasteiger partial charge is 0.322 e. The fraction of sp³-hybridized carbons (Fsp3) is 0.235. The van der Waals surface area contributed by atoms with Gasteiger partial charge in [-0.1, -0.05) is 31.2 Å². The summed E-state index contributed by atoms with van der Waals surface area (Å²) in [5, 5.41) is 2.36. The SMILES string of the molecule is CCc1ccc(CC(N)c2nccc3ccccc23)s1. The number of thiophene rings is 1. The zero-order chi connectivity index (χ0) is 13.9. The first-order chi connectivity index (χ1) is 9.78. The number of benzene rings is 1. The van der Waals surface area contributed by atoms with Crippen LogP contribution in [0.3, 0.4) is 0 Å². The average Bonchev–Trinajstić information content (AvgIpc) is 2.94. The number of nitrogens with two attached hydrogens (primary N) is 1. The second-order valence-corrected chi connectivity index (χ2v) is 6.20. The number of hydrogen-bond donors (Lipinski definition) is 1. The van der Waals surface area contributed by atoms with E-state index in [9.17, 15) is 0 Å². The molecule has 3 heteroatoms. The molecular weight excluding hydrogens is 264 g/mol. The number of hydrogen-bond acceptors (Lipinski definition) is 3. The second-order valence-electron chi connectivity index (χ2n) is 4.95. The van der Waals surface area contributed by atoms with Crippen molar-refractivity contribution >= 4 is 22.1 Å². The Morgan fingerprint density at radius 3 is 2.70 bits per heavy atom. The molecule has 0 fully saturated rings. The maximum Gasteiger partial charge on any atom is 0.0652 e. The van der Waals surface area contributed by atoms with Gasteiger partial charge in [0.15, 0.2) is 0 Å². The first-order valence-corrected chi connectivity index (χ1v) is 7.76. The van der Waals surface area contributed by atoms with Crippen LogP contribution in [0.1, 0.15) is 28.4 Å². The van der Waals surface area contributed by atoms with E-state index in [0.717, 1.165) is 23.9 Å². The molecule has 2 aromatic heterocycles. The van der Waals surface area contributed by atoms with Crippen molar-refractivity contribution in [3.63, 3.8) is 0 Å². The summed E-state index contributed by atoms with van der Waals surface area (Å²) in [5.41, 5.74) is 7.38. The molecule has 0 aliphatic carbocycles. The lowest BCUT2D eigenvalue weighted by atomic mass is 10.0. The number of fused-ring (bicyclic) bond motifs is 1. The predicted octanol–water partition coefficient (Wildman–Crippen LogP) is 4.10. The summed E-state index contributed by atoms with van der Waals surface area (Å²) < 4.78 is 0. The first-order valence-electron chi connectivity index (χ1n) is 6.94. The number of aromatic nitrogens is 1. The summed E-state index contributed by atoms with van der Waals surface area (Å²) in [7, 11) is 0. The van der Waals surface area contributed by atoms with E-state index >= 15 is 0 Å². The van der Waals surface area contributed by atoms with Gasteiger partial charge in [0, 0.05) is 27.8 Å². The van der Waals surface area contributed by atoms with Crippen LogP contribution in [-0.2, 0) is 12.8 Å². The normalized spacial score (nSPS) is 12.7. The van der Waals surface area contributed by atoms with Crippen molar-refractivity contribution in [2.45, 2.75) is 25.8 Å². The summed E-state index contributed by atoms with van der Waals surface area (Å²) >= 11 is 1.85. The third kappa shape index (κ3) is 2.60. The van der Waals surface area contributed by atoms with Crippen molar-refractivity contribution in [2.75, 3.05) is 0 Å². The van der Waals surface area contributed by atoms with E-state index < -0.39 is 0 Å². The Labute approximate surface area is 123 Å². The minimum absolute atomic E-state index is 0.0514. The van der Waals surface area contributed by atoms with Crippen LogP contribution < -0.4 is 5.73 Å². The van der Waals surface area contributed by atoms with E-state index in [-0.39, 0.29) is 6.04 Å². The molecule has 2 nitrogen and oxygen atoms in total. The van der Waals surface area contributed by atoms with Crippen LogP contribution in [0.2, 0.25) is 0 Å². The lowest BCUT2D eigenvalue weighted by molar-refractivity contribution is 0.711. The molecule has 0 radical (unpaired) electrons. The summed E-state index contributed by atoms with van der Waals surface area (Å²) in [6, 6.07) is 14.7. The number of nitrogens with zero attached hydrogens (tertiary/aromatic N) is 1. The van der Waals surface area contributed by atoms with Gasteiger partial charge in [0.1, 0.15) is 0 Å². The van der Waals surface area contributed by atoms with Crippen LogP contribution in [0.25, 0.3) is 10.8 Å². The molecule has 1 unspecified atom stereocenters. The molecular formula is C17H18N2S. The zero-order valence-corrected chi connectivity index (χ0v) is 12.4. The lowest BCUT2D eigenvalue weighted by Crippen LogP contribution is -2.14. The van der Waals surface area contributed by atoms with Gasteiger partial charge >= 0.3 is 0 Å². The van der Waals surface area contributed by atoms with Crippen LogP contribution in [0.5, 0.6) is 0 Å². The first kappa shape index (κ1) is 13.3. The molecule has 3 rings (SSSR count). The fourth-order valence-corrected chi connectivity index (χ4v) is 3.49. The predicted molar refractivity (Wildman–Crippen MR) is 86.1 cm³/mol. The Hall–Kier alpha value is -1.71. The van der Waals surface area contributed by atoms with Gasteiger partial charge in [0.2, 0.25) is 0 Å².